The lowest BCUT2D eigenvalue weighted by molar-refractivity contribution is 0.744. The highest BCUT2D eigenvalue weighted by atomic mass is 15.2. The minimum Gasteiger partial charge on any atom is -0.366 e. The van der Waals surface area contributed by atoms with E-state index in [1.807, 2.05) is 24.4 Å². The Morgan fingerprint density at radius 3 is 2.67 bits per heavy atom. The molecule has 0 amide bonds. The maximum absolute atomic E-state index is 4.74. The molecule has 0 spiro atoms. The van der Waals surface area contributed by atoms with E-state index >= 15 is 0 Å². The highest BCUT2D eigenvalue weighted by Crippen LogP contribution is 2.25. The number of rotatable bonds is 6. The first-order valence-electron chi connectivity index (χ1n) is 9.62. The van der Waals surface area contributed by atoms with Crippen molar-refractivity contribution in [2.45, 2.75) is 45.2 Å². The van der Waals surface area contributed by atoms with E-state index in [-0.39, 0.29) is 0 Å². The molecule has 0 radical (unpaired) electrons. The molecule has 1 fully saturated rings. The average molecular weight is 359 g/mol. The molecule has 1 saturated carbocycles. The molecule has 1 aromatic carbocycles. The predicted molar refractivity (Wildman–Crippen MR) is 110 cm³/mol. The zero-order chi connectivity index (χ0) is 18.5. The van der Waals surface area contributed by atoms with E-state index in [0.717, 1.165) is 23.6 Å². The first-order chi connectivity index (χ1) is 13.3. The van der Waals surface area contributed by atoms with Crippen LogP contribution in [0.1, 0.15) is 36.8 Å². The summed E-state index contributed by atoms with van der Waals surface area (Å²) in [6.45, 7) is 2.87. The molecule has 1 aliphatic rings. The van der Waals surface area contributed by atoms with Gasteiger partial charge in [-0.05, 0) is 43.0 Å². The van der Waals surface area contributed by atoms with E-state index in [2.05, 4.69) is 46.8 Å². The van der Waals surface area contributed by atoms with Crippen LogP contribution in [-0.4, -0.2) is 21.0 Å². The molecule has 2 heterocycles. The van der Waals surface area contributed by atoms with Gasteiger partial charge in [-0.2, -0.15) is 4.98 Å². The second-order valence-corrected chi connectivity index (χ2v) is 7.11. The third-order valence-electron chi connectivity index (χ3n) is 5.09. The quantitative estimate of drug-likeness (QED) is 0.661. The van der Waals surface area contributed by atoms with Crippen LogP contribution in [0, 0.1) is 6.92 Å². The minimum absolute atomic E-state index is 0.471. The SMILES string of the molecule is Cc1ccccc1CNc1cc(-c2cccnc2)nc(NC2CCCC2)n1. The molecule has 2 N–H and O–H groups in total. The Morgan fingerprint density at radius 1 is 1.04 bits per heavy atom. The number of nitrogens with one attached hydrogen (secondary N) is 2. The van der Waals surface area contributed by atoms with Crippen molar-refractivity contribution in [3.8, 4) is 11.3 Å². The zero-order valence-corrected chi connectivity index (χ0v) is 15.7. The molecule has 0 unspecified atom stereocenters. The molecular formula is C22H25N5. The summed E-state index contributed by atoms with van der Waals surface area (Å²) in [7, 11) is 0. The Bertz CT molecular complexity index is 888. The topological polar surface area (TPSA) is 62.7 Å². The van der Waals surface area contributed by atoms with E-state index in [9.17, 15) is 0 Å². The number of hydrogen-bond donors (Lipinski definition) is 2. The van der Waals surface area contributed by atoms with Crippen LogP contribution < -0.4 is 10.6 Å². The van der Waals surface area contributed by atoms with Crippen molar-refractivity contribution in [2.24, 2.45) is 0 Å². The van der Waals surface area contributed by atoms with Gasteiger partial charge in [0, 0.05) is 36.6 Å². The highest BCUT2D eigenvalue weighted by Gasteiger charge is 2.16. The van der Waals surface area contributed by atoms with Crippen molar-refractivity contribution >= 4 is 11.8 Å². The third-order valence-corrected chi connectivity index (χ3v) is 5.09. The van der Waals surface area contributed by atoms with Gasteiger partial charge in [-0.15, -0.1) is 0 Å². The maximum Gasteiger partial charge on any atom is 0.225 e. The largest absolute Gasteiger partial charge is 0.366 e. The molecule has 0 saturated heterocycles. The number of nitrogens with zero attached hydrogens (tertiary/aromatic N) is 3. The summed E-state index contributed by atoms with van der Waals surface area (Å²) in [4.78, 5) is 13.7. The Balaban J connectivity index is 1.59. The fraction of sp³-hybridized carbons (Fsp3) is 0.318. The van der Waals surface area contributed by atoms with Crippen LogP contribution in [0.15, 0.2) is 54.9 Å². The van der Waals surface area contributed by atoms with E-state index in [4.69, 9.17) is 9.97 Å². The van der Waals surface area contributed by atoms with Crippen molar-refractivity contribution in [2.75, 3.05) is 10.6 Å². The molecular weight excluding hydrogens is 334 g/mol. The molecule has 5 heteroatoms. The fourth-order valence-electron chi connectivity index (χ4n) is 3.51. The highest BCUT2D eigenvalue weighted by molar-refractivity contribution is 5.63. The second kappa shape index (κ2) is 8.16. The normalized spacial score (nSPS) is 14.3. The Morgan fingerprint density at radius 2 is 1.89 bits per heavy atom. The monoisotopic (exact) mass is 359 g/mol. The Labute approximate surface area is 160 Å². The van der Waals surface area contributed by atoms with Crippen LogP contribution in [-0.2, 0) is 6.54 Å². The van der Waals surface area contributed by atoms with E-state index < -0.39 is 0 Å². The lowest BCUT2D eigenvalue weighted by Crippen LogP contribution is -2.17. The molecule has 0 atom stereocenters. The summed E-state index contributed by atoms with van der Waals surface area (Å²) in [5, 5.41) is 6.98. The lowest BCUT2D eigenvalue weighted by Gasteiger charge is -2.15. The molecule has 4 rings (SSSR count). The number of hydrogen-bond acceptors (Lipinski definition) is 5. The maximum atomic E-state index is 4.74. The molecule has 0 bridgehead atoms. The number of aromatic nitrogens is 3. The van der Waals surface area contributed by atoms with E-state index in [1.54, 1.807) is 6.20 Å². The summed E-state index contributed by atoms with van der Waals surface area (Å²) < 4.78 is 0. The molecule has 2 aromatic heterocycles. The summed E-state index contributed by atoms with van der Waals surface area (Å²) in [5.41, 5.74) is 4.42. The van der Waals surface area contributed by atoms with Crippen LogP contribution in [0.3, 0.4) is 0 Å². The number of benzene rings is 1. The standard InChI is InChI=1S/C22H25N5/c1-16-7-2-3-8-17(16)15-24-21-13-20(18-9-6-12-23-14-18)26-22(27-21)25-19-10-4-5-11-19/h2-3,6-9,12-14,19H,4-5,10-11,15H2,1H3,(H2,24,25,26,27). The van der Waals surface area contributed by atoms with Crippen molar-refractivity contribution in [1.29, 1.82) is 0 Å². The van der Waals surface area contributed by atoms with Gasteiger partial charge in [0.25, 0.3) is 0 Å². The summed E-state index contributed by atoms with van der Waals surface area (Å²) >= 11 is 0. The van der Waals surface area contributed by atoms with Crippen LogP contribution >= 0.6 is 0 Å². The molecule has 3 aromatic rings. The average Bonchev–Trinajstić information content (AvgIpc) is 3.21. The molecule has 1 aliphatic carbocycles. The van der Waals surface area contributed by atoms with Crippen molar-refractivity contribution in [3.63, 3.8) is 0 Å². The first kappa shape index (κ1) is 17.5. The molecule has 27 heavy (non-hydrogen) atoms. The van der Waals surface area contributed by atoms with Gasteiger partial charge in [-0.1, -0.05) is 37.1 Å². The van der Waals surface area contributed by atoms with E-state index in [0.29, 0.717) is 12.0 Å². The first-order valence-corrected chi connectivity index (χ1v) is 9.62. The fourth-order valence-corrected chi connectivity index (χ4v) is 3.51. The van der Waals surface area contributed by atoms with Gasteiger partial charge >= 0.3 is 0 Å². The van der Waals surface area contributed by atoms with Gasteiger partial charge in [0.2, 0.25) is 5.95 Å². The van der Waals surface area contributed by atoms with Gasteiger partial charge in [-0.25, -0.2) is 4.98 Å². The third kappa shape index (κ3) is 4.42. The molecule has 5 nitrogen and oxygen atoms in total. The van der Waals surface area contributed by atoms with Crippen LogP contribution in [0.5, 0.6) is 0 Å². The van der Waals surface area contributed by atoms with Crippen molar-refractivity contribution in [1.82, 2.24) is 15.0 Å². The van der Waals surface area contributed by atoms with Gasteiger partial charge < -0.3 is 10.6 Å². The van der Waals surface area contributed by atoms with Crippen LogP contribution in [0.2, 0.25) is 0 Å². The number of aryl methyl sites for hydroxylation is 1. The van der Waals surface area contributed by atoms with Gasteiger partial charge in [0.1, 0.15) is 5.82 Å². The number of anilines is 2. The minimum atomic E-state index is 0.471. The predicted octanol–water partition coefficient (Wildman–Crippen LogP) is 4.81. The Hall–Kier alpha value is -2.95. The zero-order valence-electron chi connectivity index (χ0n) is 15.7. The van der Waals surface area contributed by atoms with Gasteiger partial charge in [-0.3, -0.25) is 4.98 Å². The van der Waals surface area contributed by atoms with Crippen molar-refractivity contribution < 1.29 is 0 Å². The summed E-state index contributed by atoms with van der Waals surface area (Å²) in [5.74, 6) is 1.52. The lowest BCUT2D eigenvalue weighted by atomic mass is 10.1. The van der Waals surface area contributed by atoms with Crippen LogP contribution in [0.4, 0.5) is 11.8 Å². The summed E-state index contributed by atoms with van der Waals surface area (Å²) in [6, 6.07) is 14.8. The van der Waals surface area contributed by atoms with Gasteiger partial charge in [0.05, 0.1) is 5.69 Å². The summed E-state index contributed by atoms with van der Waals surface area (Å²) in [6.07, 6.45) is 8.54. The smallest absolute Gasteiger partial charge is 0.225 e. The second-order valence-electron chi connectivity index (χ2n) is 7.11. The van der Waals surface area contributed by atoms with Crippen molar-refractivity contribution in [3.05, 3.63) is 66.0 Å². The molecule has 138 valence electrons. The van der Waals surface area contributed by atoms with E-state index in [1.165, 1.54) is 36.8 Å². The van der Waals surface area contributed by atoms with Gasteiger partial charge in [0.15, 0.2) is 0 Å². The molecule has 0 aliphatic heterocycles. The van der Waals surface area contributed by atoms with Crippen LogP contribution in [0.25, 0.3) is 11.3 Å². The Kier molecular flexibility index (Phi) is 5.28. The number of pyridine rings is 1.